The van der Waals surface area contributed by atoms with Crippen molar-refractivity contribution < 1.29 is 14.6 Å². The number of nitrogens with zero attached hydrogens (tertiary/aromatic N) is 2. The molecule has 5 nitrogen and oxygen atoms in total. The van der Waals surface area contributed by atoms with Gasteiger partial charge in [0.1, 0.15) is 5.75 Å². The molecule has 0 saturated carbocycles. The van der Waals surface area contributed by atoms with Crippen LogP contribution in [0, 0.1) is 0 Å². The number of aromatic nitrogens is 1. The van der Waals surface area contributed by atoms with Gasteiger partial charge in [-0.3, -0.25) is 0 Å². The Morgan fingerprint density at radius 3 is 2.85 bits per heavy atom. The molecule has 0 fully saturated rings. The van der Waals surface area contributed by atoms with Gasteiger partial charge >= 0.3 is 0 Å². The lowest BCUT2D eigenvalue weighted by Gasteiger charge is -2.15. The van der Waals surface area contributed by atoms with Crippen molar-refractivity contribution in [3.05, 3.63) is 52.4 Å². The third kappa shape index (κ3) is 2.93. The fraction of sp³-hybridized carbons (Fsp3) is 0.200. The Morgan fingerprint density at radius 2 is 2.04 bits per heavy atom. The van der Waals surface area contributed by atoms with Crippen LogP contribution in [-0.2, 0) is 12.8 Å². The molecule has 0 radical (unpaired) electrons. The predicted molar refractivity (Wildman–Crippen MR) is 103 cm³/mol. The van der Waals surface area contributed by atoms with Crippen molar-refractivity contribution in [2.45, 2.75) is 12.8 Å². The highest BCUT2D eigenvalue weighted by Gasteiger charge is 2.21. The third-order valence-electron chi connectivity index (χ3n) is 4.44. The number of aromatic hydroxyl groups is 1. The van der Waals surface area contributed by atoms with Crippen LogP contribution in [-0.4, -0.2) is 30.5 Å². The summed E-state index contributed by atoms with van der Waals surface area (Å²) < 4.78 is 10.4. The van der Waals surface area contributed by atoms with Crippen LogP contribution < -0.4 is 9.47 Å². The first kappa shape index (κ1) is 16.6. The largest absolute Gasteiger partial charge is 0.504 e. The summed E-state index contributed by atoms with van der Waals surface area (Å²) in [5, 5.41) is 10.8. The summed E-state index contributed by atoms with van der Waals surface area (Å²) in [6.45, 7) is 0. The number of thiazole rings is 1. The average molecular weight is 366 g/mol. The number of fused-ring (bicyclic) bond motifs is 3. The molecule has 3 aromatic rings. The maximum atomic E-state index is 10.2. The molecule has 1 N–H and O–H groups in total. The van der Waals surface area contributed by atoms with E-state index in [1.807, 2.05) is 12.1 Å². The molecular weight excluding hydrogens is 348 g/mol. The van der Waals surface area contributed by atoms with Crippen molar-refractivity contribution in [2.24, 2.45) is 4.99 Å². The Hall–Kier alpha value is -2.86. The number of rotatable bonds is 4. The number of hydrogen-bond donors (Lipinski definition) is 1. The number of ether oxygens (including phenoxy) is 2. The molecule has 0 aliphatic heterocycles. The molecule has 132 valence electrons. The molecule has 2 aromatic carbocycles. The van der Waals surface area contributed by atoms with Crippen molar-refractivity contribution >= 4 is 22.7 Å². The minimum atomic E-state index is 0.0810. The Bertz CT molecular complexity index is 995. The normalized spacial score (nSPS) is 12.7. The van der Waals surface area contributed by atoms with Crippen LogP contribution in [0.25, 0.3) is 11.3 Å². The van der Waals surface area contributed by atoms with Gasteiger partial charge in [0.05, 0.1) is 19.9 Å². The maximum Gasteiger partial charge on any atom is 0.209 e. The monoisotopic (exact) mass is 366 g/mol. The zero-order chi connectivity index (χ0) is 18.1. The first-order chi connectivity index (χ1) is 12.7. The number of aryl methyl sites for hydroxylation is 2. The lowest BCUT2D eigenvalue weighted by molar-refractivity contribution is 0.373. The molecule has 1 heterocycles. The first-order valence-electron chi connectivity index (χ1n) is 8.26. The topological polar surface area (TPSA) is 63.9 Å². The molecule has 26 heavy (non-hydrogen) atoms. The van der Waals surface area contributed by atoms with E-state index in [1.54, 1.807) is 36.8 Å². The molecule has 0 bridgehead atoms. The van der Waals surface area contributed by atoms with Gasteiger partial charge in [-0.2, -0.15) is 0 Å². The molecule has 0 saturated heterocycles. The summed E-state index contributed by atoms with van der Waals surface area (Å²) >= 11 is 1.59. The van der Waals surface area contributed by atoms with Gasteiger partial charge in [0.25, 0.3) is 0 Å². The standard InChI is InChI=1S/C20H18N2O3S/c1-24-14-7-8-15-12(10-14)6-9-17-18(15)22-20(26-17)21-11-13-4-3-5-16(25-2)19(13)23/h3-5,7-8,10-11,23H,6,9H2,1-2H3/b21-11+. The molecule has 6 heteroatoms. The third-order valence-corrected chi connectivity index (χ3v) is 5.46. The van der Waals surface area contributed by atoms with Gasteiger partial charge in [-0.1, -0.05) is 17.4 Å². The summed E-state index contributed by atoms with van der Waals surface area (Å²) in [4.78, 5) is 10.4. The van der Waals surface area contributed by atoms with E-state index < -0.39 is 0 Å². The van der Waals surface area contributed by atoms with Crippen molar-refractivity contribution in [1.82, 2.24) is 4.98 Å². The quantitative estimate of drug-likeness (QED) is 0.696. The summed E-state index contributed by atoms with van der Waals surface area (Å²) in [5.74, 6) is 1.38. The van der Waals surface area contributed by atoms with E-state index in [2.05, 4.69) is 17.1 Å². The Kier molecular flexibility index (Phi) is 4.34. The van der Waals surface area contributed by atoms with Gasteiger partial charge in [0.15, 0.2) is 11.5 Å². The van der Waals surface area contributed by atoms with Gasteiger partial charge in [-0.15, -0.1) is 0 Å². The second-order valence-corrected chi connectivity index (χ2v) is 7.01. The zero-order valence-corrected chi connectivity index (χ0v) is 15.3. The zero-order valence-electron chi connectivity index (χ0n) is 14.5. The number of benzene rings is 2. The van der Waals surface area contributed by atoms with Gasteiger partial charge in [0.2, 0.25) is 5.13 Å². The molecule has 1 aliphatic carbocycles. The second kappa shape index (κ2) is 6.80. The molecule has 4 rings (SSSR count). The number of hydrogen-bond acceptors (Lipinski definition) is 6. The van der Waals surface area contributed by atoms with E-state index >= 15 is 0 Å². The highest BCUT2D eigenvalue weighted by atomic mass is 32.1. The van der Waals surface area contributed by atoms with Crippen molar-refractivity contribution in [3.63, 3.8) is 0 Å². The smallest absolute Gasteiger partial charge is 0.209 e. The van der Waals surface area contributed by atoms with Crippen LogP contribution in [0.3, 0.4) is 0 Å². The minimum absolute atomic E-state index is 0.0810. The predicted octanol–water partition coefficient (Wildman–Crippen LogP) is 4.38. The average Bonchev–Trinajstić information content (AvgIpc) is 3.10. The first-order valence-corrected chi connectivity index (χ1v) is 9.08. The van der Waals surface area contributed by atoms with Crippen LogP contribution in [0.4, 0.5) is 5.13 Å². The summed E-state index contributed by atoms with van der Waals surface area (Å²) in [7, 11) is 3.21. The Morgan fingerprint density at radius 1 is 1.15 bits per heavy atom. The molecule has 0 unspecified atom stereocenters. The lowest BCUT2D eigenvalue weighted by atomic mass is 9.93. The van der Waals surface area contributed by atoms with Crippen molar-refractivity contribution in [2.75, 3.05) is 14.2 Å². The Balaban J connectivity index is 1.66. The Labute approximate surface area is 155 Å². The molecular formula is C20H18N2O3S. The van der Waals surface area contributed by atoms with Crippen LogP contribution >= 0.6 is 11.3 Å². The highest BCUT2D eigenvalue weighted by Crippen LogP contribution is 2.40. The molecule has 1 aliphatic rings. The minimum Gasteiger partial charge on any atom is -0.504 e. The van der Waals surface area contributed by atoms with Gasteiger partial charge in [-0.25, -0.2) is 9.98 Å². The van der Waals surface area contributed by atoms with Crippen molar-refractivity contribution in [1.29, 1.82) is 0 Å². The highest BCUT2D eigenvalue weighted by molar-refractivity contribution is 7.15. The maximum absolute atomic E-state index is 10.2. The van der Waals surface area contributed by atoms with Crippen LogP contribution in [0.1, 0.15) is 16.0 Å². The van der Waals surface area contributed by atoms with E-state index in [9.17, 15) is 5.11 Å². The van der Waals surface area contributed by atoms with E-state index in [-0.39, 0.29) is 5.75 Å². The van der Waals surface area contributed by atoms with Crippen LogP contribution in [0.15, 0.2) is 41.4 Å². The molecule has 0 spiro atoms. The summed E-state index contributed by atoms with van der Waals surface area (Å²) in [6.07, 6.45) is 3.55. The molecule has 1 aromatic heterocycles. The summed E-state index contributed by atoms with van der Waals surface area (Å²) in [5.41, 5.74) is 4.00. The summed E-state index contributed by atoms with van der Waals surface area (Å²) in [6, 6.07) is 11.4. The number of phenols is 1. The van der Waals surface area contributed by atoms with Gasteiger partial charge in [0, 0.05) is 22.2 Å². The SMILES string of the molecule is COc1ccc2c(c1)CCc1sc(/N=C/c3cccc(OC)c3O)nc1-2. The van der Waals surface area contributed by atoms with Crippen molar-refractivity contribution in [3.8, 4) is 28.5 Å². The number of aliphatic imine (C=N–C) groups is 1. The van der Waals surface area contributed by atoms with E-state index in [1.165, 1.54) is 17.6 Å². The van der Waals surface area contributed by atoms with E-state index in [0.717, 1.165) is 29.8 Å². The van der Waals surface area contributed by atoms with Crippen LogP contribution in [0.2, 0.25) is 0 Å². The number of para-hydroxylation sites is 1. The van der Waals surface area contributed by atoms with Gasteiger partial charge in [-0.05, 0) is 48.7 Å². The van der Waals surface area contributed by atoms with E-state index in [0.29, 0.717) is 16.4 Å². The lowest BCUT2D eigenvalue weighted by Crippen LogP contribution is -2.02. The fourth-order valence-electron chi connectivity index (χ4n) is 3.09. The van der Waals surface area contributed by atoms with Crippen LogP contribution in [0.5, 0.6) is 17.2 Å². The number of phenolic OH excluding ortho intramolecular Hbond substituents is 1. The second-order valence-electron chi connectivity index (χ2n) is 5.95. The fourth-order valence-corrected chi connectivity index (χ4v) is 4.01. The van der Waals surface area contributed by atoms with E-state index in [4.69, 9.17) is 14.5 Å². The van der Waals surface area contributed by atoms with Gasteiger partial charge < -0.3 is 14.6 Å². The number of methoxy groups -OCH3 is 2. The molecule has 0 amide bonds. The molecule has 0 atom stereocenters.